The molecule has 0 unspecified atom stereocenters. The maximum absolute atomic E-state index is 13.2. The van der Waals surface area contributed by atoms with Crippen molar-refractivity contribution in [2.75, 3.05) is 6.61 Å². The van der Waals surface area contributed by atoms with Crippen LogP contribution in [0.5, 0.6) is 0 Å². The van der Waals surface area contributed by atoms with Crippen molar-refractivity contribution in [1.29, 1.82) is 0 Å². The van der Waals surface area contributed by atoms with Crippen LogP contribution in [-0.2, 0) is 11.3 Å². The average Bonchev–Trinajstić information content (AvgIpc) is 2.75. The summed E-state index contributed by atoms with van der Waals surface area (Å²) in [6.45, 7) is 2.48. The molecule has 0 aliphatic heterocycles. The van der Waals surface area contributed by atoms with E-state index in [2.05, 4.69) is 0 Å². The molecular formula is C23H20N3O3+. The molecule has 0 saturated carbocycles. The van der Waals surface area contributed by atoms with Gasteiger partial charge in [-0.05, 0) is 31.2 Å². The Morgan fingerprint density at radius 3 is 2.41 bits per heavy atom. The first-order valence-corrected chi connectivity index (χ1v) is 9.39. The summed E-state index contributed by atoms with van der Waals surface area (Å²) in [5, 5.41) is 0.572. The molecule has 0 fully saturated rings. The number of para-hydroxylation sites is 2. The highest BCUT2D eigenvalue weighted by Gasteiger charge is 2.17. The lowest BCUT2D eigenvalue weighted by Crippen LogP contribution is -2.37. The van der Waals surface area contributed by atoms with E-state index < -0.39 is 0 Å². The van der Waals surface area contributed by atoms with Crippen LogP contribution in [0.15, 0.2) is 83.9 Å². The summed E-state index contributed by atoms with van der Waals surface area (Å²) < 4.78 is 8.53. The van der Waals surface area contributed by atoms with Crippen LogP contribution in [0.2, 0.25) is 0 Å². The van der Waals surface area contributed by atoms with Gasteiger partial charge in [-0.25, -0.2) is 9.78 Å². The lowest BCUT2D eigenvalue weighted by molar-refractivity contribution is -0.689. The average molecular weight is 386 g/mol. The van der Waals surface area contributed by atoms with Crippen molar-refractivity contribution in [1.82, 2.24) is 9.55 Å². The molecule has 0 aliphatic carbocycles. The van der Waals surface area contributed by atoms with Gasteiger partial charge in [0.05, 0.1) is 28.8 Å². The van der Waals surface area contributed by atoms with Crippen LogP contribution in [0.3, 0.4) is 0 Å². The van der Waals surface area contributed by atoms with Gasteiger partial charge in [0.1, 0.15) is 0 Å². The van der Waals surface area contributed by atoms with E-state index in [4.69, 9.17) is 9.72 Å². The van der Waals surface area contributed by atoms with Gasteiger partial charge < -0.3 is 4.74 Å². The Hall–Kier alpha value is -3.80. The molecule has 0 spiro atoms. The minimum Gasteiger partial charge on any atom is -0.462 e. The Balaban J connectivity index is 1.79. The molecule has 0 radical (unpaired) electrons. The second kappa shape index (κ2) is 8.06. The molecule has 144 valence electrons. The van der Waals surface area contributed by atoms with E-state index in [9.17, 15) is 9.59 Å². The maximum atomic E-state index is 13.2. The van der Waals surface area contributed by atoms with Gasteiger partial charge in [0, 0.05) is 12.1 Å². The number of aromatic nitrogens is 3. The largest absolute Gasteiger partial charge is 0.462 e. The van der Waals surface area contributed by atoms with Gasteiger partial charge in [-0.15, -0.1) is 0 Å². The highest BCUT2D eigenvalue weighted by molar-refractivity contribution is 5.88. The molecular weight excluding hydrogens is 366 g/mol. The Morgan fingerprint density at radius 1 is 1.00 bits per heavy atom. The highest BCUT2D eigenvalue weighted by Crippen LogP contribution is 2.13. The number of carbonyl (C=O) groups is 1. The third kappa shape index (κ3) is 3.78. The molecule has 6 nitrogen and oxygen atoms in total. The number of benzene rings is 2. The summed E-state index contributed by atoms with van der Waals surface area (Å²) in [5.41, 5.74) is 1.79. The van der Waals surface area contributed by atoms with Crippen molar-refractivity contribution in [2.45, 2.75) is 13.5 Å². The smallest absolute Gasteiger partial charge is 0.338 e. The number of hydrogen-bond acceptors (Lipinski definition) is 4. The van der Waals surface area contributed by atoms with E-state index >= 15 is 0 Å². The maximum Gasteiger partial charge on any atom is 0.338 e. The first-order chi connectivity index (χ1) is 14.2. The van der Waals surface area contributed by atoms with Crippen LogP contribution >= 0.6 is 0 Å². The van der Waals surface area contributed by atoms with E-state index in [-0.39, 0.29) is 11.5 Å². The minimum absolute atomic E-state index is 0.111. The molecule has 2 aromatic heterocycles. The van der Waals surface area contributed by atoms with Crippen LogP contribution in [0, 0.1) is 0 Å². The fourth-order valence-corrected chi connectivity index (χ4v) is 3.20. The molecule has 4 aromatic rings. The molecule has 6 heteroatoms. The number of hydrogen-bond donors (Lipinski definition) is 0. The van der Waals surface area contributed by atoms with Crippen LogP contribution in [0.4, 0.5) is 0 Å². The van der Waals surface area contributed by atoms with Crippen LogP contribution in [0.25, 0.3) is 16.6 Å². The number of esters is 1. The van der Waals surface area contributed by atoms with Gasteiger partial charge in [-0.1, -0.05) is 30.3 Å². The van der Waals surface area contributed by atoms with Crippen molar-refractivity contribution in [2.24, 2.45) is 0 Å². The summed E-state index contributed by atoms with van der Waals surface area (Å²) in [6.07, 6.45) is 3.56. The van der Waals surface area contributed by atoms with E-state index in [1.165, 1.54) is 0 Å². The van der Waals surface area contributed by atoms with E-state index in [1.54, 1.807) is 42.1 Å². The van der Waals surface area contributed by atoms with Gasteiger partial charge in [0.15, 0.2) is 18.2 Å². The Kier molecular flexibility index (Phi) is 5.16. The predicted octanol–water partition coefficient (Wildman–Crippen LogP) is 2.90. The number of rotatable bonds is 5. The lowest BCUT2D eigenvalue weighted by atomic mass is 10.2. The lowest BCUT2D eigenvalue weighted by Gasteiger charge is -2.12. The molecule has 0 saturated heterocycles. The molecule has 0 N–H and O–H groups in total. The van der Waals surface area contributed by atoms with E-state index in [0.717, 1.165) is 5.69 Å². The van der Waals surface area contributed by atoms with Gasteiger partial charge in [-0.3, -0.25) is 9.36 Å². The topological polar surface area (TPSA) is 65.1 Å². The summed E-state index contributed by atoms with van der Waals surface area (Å²) in [5.74, 6) is 0.249. The number of carbonyl (C=O) groups excluding carboxylic acids is 1. The van der Waals surface area contributed by atoms with E-state index in [0.29, 0.717) is 35.4 Å². The Morgan fingerprint density at radius 2 is 1.69 bits per heavy atom. The molecule has 0 bridgehead atoms. The van der Waals surface area contributed by atoms with Gasteiger partial charge >= 0.3 is 5.97 Å². The van der Waals surface area contributed by atoms with Crippen molar-refractivity contribution < 1.29 is 14.1 Å². The van der Waals surface area contributed by atoms with Gasteiger partial charge in [0.2, 0.25) is 6.54 Å². The number of ether oxygens (including phenoxy) is 1. The van der Waals surface area contributed by atoms with Crippen molar-refractivity contribution in [3.05, 3.63) is 101 Å². The molecule has 0 aliphatic rings. The second-order valence-electron chi connectivity index (χ2n) is 6.50. The molecule has 0 amide bonds. The monoisotopic (exact) mass is 386 g/mol. The standard InChI is InChI=1S/C23H20N3O3/c1-2-29-23(28)17-12-14-25(15-13-17)16-21-24-20-11-7-6-10-19(20)22(27)26(21)18-8-4-3-5-9-18/h3-15H,2,16H2,1H3/q+1. The van der Waals surface area contributed by atoms with Gasteiger partial charge in [0.25, 0.3) is 5.56 Å². The summed E-state index contributed by atoms with van der Waals surface area (Å²) >= 11 is 0. The normalized spacial score (nSPS) is 10.8. The SMILES string of the molecule is CCOC(=O)c1cc[n+](Cc2nc3ccccc3c(=O)n2-c2ccccc2)cc1. The highest BCUT2D eigenvalue weighted by atomic mass is 16.5. The zero-order valence-electron chi connectivity index (χ0n) is 16.0. The third-order valence-corrected chi connectivity index (χ3v) is 4.59. The van der Waals surface area contributed by atoms with Gasteiger partial charge in [-0.2, -0.15) is 4.57 Å². The summed E-state index contributed by atoms with van der Waals surface area (Å²) in [4.78, 5) is 29.8. The van der Waals surface area contributed by atoms with Crippen LogP contribution in [0.1, 0.15) is 23.1 Å². The van der Waals surface area contributed by atoms with Crippen LogP contribution < -0.4 is 10.1 Å². The first kappa shape index (κ1) is 18.6. The van der Waals surface area contributed by atoms with Crippen molar-refractivity contribution in [3.8, 4) is 5.69 Å². The number of fused-ring (bicyclic) bond motifs is 1. The predicted molar refractivity (Wildman–Crippen MR) is 109 cm³/mol. The fourth-order valence-electron chi connectivity index (χ4n) is 3.20. The molecule has 4 rings (SSSR count). The molecule has 29 heavy (non-hydrogen) atoms. The zero-order chi connectivity index (χ0) is 20.2. The summed E-state index contributed by atoms with van der Waals surface area (Å²) in [7, 11) is 0. The molecule has 2 aromatic carbocycles. The third-order valence-electron chi connectivity index (χ3n) is 4.59. The van der Waals surface area contributed by atoms with Crippen molar-refractivity contribution >= 4 is 16.9 Å². The summed E-state index contributed by atoms with van der Waals surface area (Å²) in [6, 6.07) is 20.2. The molecule has 0 atom stereocenters. The first-order valence-electron chi connectivity index (χ1n) is 9.39. The Labute approximate surface area is 167 Å². The number of pyridine rings is 1. The zero-order valence-corrected chi connectivity index (χ0v) is 16.0. The quantitative estimate of drug-likeness (QED) is 0.391. The second-order valence-corrected chi connectivity index (χ2v) is 6.50. The number of nitrogens with zero attached hydrogens (tertiary/aromatic N) is 3. The van der Waals surface area contributed by atoms with Crippen molar-refractivity contribution in [3.63, 3.8) is 0 Å². The fraction of sp³-hybridized carbons (Fsp3) is 0.130. The Bertz CT molecular complexity index is 1220. The molecule has 2 heterocycles. The van der Waals surface area contributed by atoms with Crippen LogP contribution in [-0.4, -0.2) is 22.1 Å². The minimum atomic E-state index is -0.357. The van der Waals surface area contributed by atoms with E-state index in [1.807, 2.05) is 53.1 Å².